The van der Waals surface area contributed by atoms with Crippen LogP contribution in [0.4, 0.5) is 0 Å². The Bertz CT molecular complexity index is 1440. The fraction of sp³-hybridized carbons (Fsp3) is 0.667. The Morgan fingerprint density at radius 1 is 0.652 bits per heavy atom. The Hall–Kier alpha value is -2.98. The highest BCUT2D eigenvalue weighted by Crippen LogP contribution is 2.78. The smallest absolute Gasteiger partial charge is 0.292 e. The lowest BCUT2D eigenvalue weighted by Gasteiger charge is -2.74. The van der Waals surface area contributed by atoms with Crippen molar-refractivity contribution in [1.82, 2.24) is 0 Å². The van der Waals surface area contributed by atoms with Crippen LogP contribution in [0.2, 0.25) is 0 Å². The van der Waals surface area contributed by atoms with Crippen molar-refractivity contribution >= 4 is 0 Å². The van der Waals surface area contributed by atoms with Crippen LogP contribution in [0.3, 0.4) is 0 Å². The van der Waals surface area contributed by atoms with Crippen molar-refractivity contribution in [3.63, 3.8) is 0 Å². The number of rotatable bonds is 7. The van der Waals surface area contributed by atoms with Crippen molar-refractivity contribution < 1.29 is 9.47 Å². The van der Waals surface area contributed by atoms with E-state index in [1.807, 2.05) is 12.5 Å². The van der Waals surface area contributed by atoms with Crippen molar-refractivity contribution in [1.29, 1.82) is 10.5 Å². The van der Waals surface area contributed by atoms with E-state index in [4.69, 9.17) is 9.47 Å². The molecular formula is C42H54N2O2. The van der Waals surface area contributed by atoms with Gasteiger partial charge in [0.05, 0.1) is 0 Å². The minimum absolute atomic E-state index is 0.0828. The van der Waals surface area contributed by atoms with Crippen LogP contribution in [0.25, 0.3) is 0 Å². The number of nitrogens with zero attached hydrogens (tertiary/aromatic N) is 2. The molecule has 0 amide bonds. The van der Waals surface area contributed by atoms with Crippen LogP contribution in [0.1, 0.15) is 171 Å². The Balaban J connectivity index is 1.39. The molecule has 244 valence electrons. The zero-order valence-corrected chi connectivity index (χ0v) is 28.9. The molecule has 4 nitrogen and oxygen atoms in total. The molecule has 0 radical (unpaired) electrons. The summed E-state index contributed by atoms with van der Waals surface area (Å²) in [5.74, 6) is 2.50. The molecule has 2 unspecified atom stereocenters. The van der Waals surface area contributed by atoms with Gasteiger partial charge in [0, 0.05) is 0 Å². The fourth-order valence-electron chi connectivity index (χ4n) is 12.1. The summed E-state index contributed by atoms with van der Waals surface area (Å²) < 4.78 is 11.3. The van der Waals surface area contributed by atoms with E-state index in [0.29, 0.717) is 17.3 Å². The largest absolute Gasteiger partial charge is 0.388 e. The highest BCUT2D eigenvalue weighted by atomic mass is 16.5. The average Bonchev–Trinajstić information content (AvgIpc) is 3.05. The van der Waals surface area contributed by atoms with Crippen molar-refractivity contribution in [3.8, 4) is 24.0 Å². The predicted octanol–water partition coefficient (Wildman–Crippen LogP) is 11.5. The number of nitriles is 2. The van der Waals surface area contributed by atoms with Gasteiger partial charge in [-0.1, -0.05) is 96.9 Å². The molecule has 4 bridgehead atoms. The third-order valence-electron chi connectivity index (χ3n) is 14.2. The summed E-state index contributed by atoms with van der Waals surface area (Å²) in [5, 5.41) is 19.1. The summed E-state index contributed by atoms with van der Waals surface area (Å²) >= 11 is 0. The SMILES string of the molecule is CCC12CC3(c4ccc(OC#N)c(C5CCCCC5)c4)CC(c4ccc(OC#N)c(C5CCCCC5)c4)(C1)CC(C(C)(C)C)(C2)C3. The van der Waals surface area contributed by atoms with Gasteiger partial charge in [0.1, 0.15) is 11.5 Å². The molecule has 6 saturated carbocycles. The van der Waals surface area contributed by atoms with E-state index >= 15 is 0 Å². The highest BCUT2D eigenvalue weighted by Gasteiger charge is 2.70. The van der Waals surface area contributed by atoms with E-state index < -0.39 is 0 Å². The maximum absolute atomic E-state index is 9.56. The molecule has 0 N–H and O–H groups in total. The molecular weight excluding hydrogens is 564 g/mol. The molecule has 6 fully saturated rings. The summed E-state index contributed by atoms with van der Waals surface area (Å²) in [4.78, 5) is 0. The zero-order valence-electron chi connectivity index (χ0n) is 28.9. The lowest BCUT2D eigenvalue weighted by Crippen LogP contribution is -2.66. The lowest BCUT2D eigenvalue weighted by molar-refractivity contribution is -0.183. The average molecular weight is 619 g/mol. The van der Waals surface area contributed by atoms with Gasteiger partial charge in [0.2, 0.25) is 0 Å². The molecule has 0 heterocycles. The van der Waals surface area contributed by atoms with E-state index in [1.165, 1.54) is 131 Å². The second-order valence-electron chi connectivity index (χ2n) is 17.6. The number of ether oxygens (including phenoxy) is 2. The van der Waals surface area contributed by atoms with E-state index in [9.17, 15) is 10.5 Å². The first-order valence-electron chi connectivity index (χ1n) is 18.5. The van der Waals surface area contributed by atoms with Gasteiger partial charge in [-0.15, -0.1) is 10.5 Å². The summed E-state index contributed by atoms with van der Waals surface area (Å²) in [7, 11) is 0. The molecule has 2 atom stereocenters. The molecule has 6 aliphatic rings. The maximum atomic E-state index is 9.56. The van der Waals surface area contributed by atoms with E-state index in [0.717, 1.165) is 11.5 Å². The maximum Gasteiger partial charge on any atom is 0.292 e. The van der Waals surface area contributed by atoms with Gasteiger partial charge in [-0.3, -0.25) is 0 Å². The summed E-state index contributed by atoms with van der Waals surface area (Å²) in [6, 6.07) is 14.0. The lowest BCUT2D eigenvalue weighted by atomic mass is 9.30. The van der Waals surface area contributed by atoms with Crippen LogP contribution >= 0.6 is 0 Å². The molecule has 2 aromatic rings. The molecule has 46 heavy (non-hydrogen) atoms. The van der Waals surface area contributed by atoms with Crippen molar-refractivity contribution in [2.45, 2.75) is 160 Å². The van der Waals surface area contributed by atoms with Gasteiger partial charge in [0.25, 0.3) is 12.5 Å². The predicted molar refractivity (Wildman–Crippen MR) is 183 cm³/mol. The molecule has 0 spiro atoms. The molecule has 0 saturated heterocycles. The third-order valence-corrected chi connectivity index (χ3v) is 14.2. The Kier molecular flexibility index (Phi) is 7.98. The summed E-state index contributed by atoms with van der Waals surface area (Å²) in [6.07, 6.45) is 25.1. The summed E-state index contributed by atoms with van der Waals surface area (Å²) in [6.45, 7) is 10.00. The standard InChI is InChI=1S/C42H54N2O2/c1-5-39-22-40(32-16-18-36(45-28-43)34(20-32)30-12-8-6-9-13-30)25-41(23-39,27-42(24-39,26-40)38(2,3)4)33-17-19-37(46-29-44)35(21-33)31-14-10-7-11-15-31/h16-21,30-31H,5-15,22-27H2,1-4H3. The molecule has 0 aromatic heterocycles. The van der Waals surface area contributed by atoms with Crippen molar-refractivity contribution in [2.75, 3.05) is 0 Å². The quantitative estimate of drug-likeness (QED) is 0.290. The van der Waals surface area contributed by atoms with Crippen molar-refractivity contribution in [2.24, 2.45) is 16.2 Å². The number of hydrogen-bond donors (Lipinski definition) is 0. The summed E-state index contributed by atoms with van der Waals surface area (Å²) in [5.41, 5.74) is 6.40. The van der Waals surface area contributed by atoms with Gasteiger partial charge >= 0.3 is 0 Å². The van der Waals surface area contributed by atoms with Crippen LogP contribution in [0.15, 0.2) is 36.4 Å². The fourth-order valence-corrected chi connectivity index (χ4v) is 12.1. The second kappa shape index (κ2) is 11.6. The van der Waals surface area contributed by atoms with Crippen LogP contribution in [0.5, 0.6) is 11.5 Å². The minimum atomic E-state index is 0.0828. The Labute approximate surface area is 277 Å². The van der Waals surface area contributed by atoms with Gasteiger partial charge in [-0.25, -0.2) is 0 Å². The first-order valence-corrected chi connectivity index (χ1v) is 18.5. The first kappa shape index (κ1) is 31.6. The van der Waals surface area contributed by atoms with E-state index in [2.05, 4.69) is 64.1 Å². The normalized spacial score (nSPS) is 32.9. The minimum Gasteiger partial charge on any atom is -0.388 e. The highest BCUT2D eigenvalue weighted by molar-refractivity contribution is 5.49. The van der Waals surface area contributed by atoms with Gasteiger partial charge in [-0.2, -0.15) is 0 Å². The topological polar surface area (TPSA) is 66.0 Å². The molecule has 0 aliphatic heterocycles. The Morgan fingerprint density at radius 3 is 1.50 bits per heavy atom. The van der Waals surface area contributed by atoms with Crippen LogP contribution in [0, 0.1) is 39.3 Å². The van der Waals surface area contributed by atoms with Gasteiger partial charge < -0.3 is 9.47 Å². The zero-order chi connectivity index (χ0) is 32.2. The Morgan fingerprint density at radius 2 is 1.11 bits per heavy atom. The molecule has 6 aliphatic carbocycles. The first-order chi connectivity index (χ1) is 22.1. The van der Waals surface area contributed by atoms with Crippen LogP contribution in [-0.2, 0) is 10.8 Å². The number of benzene rings is 2. The van der Waals surface area contributed by atoms with Crippen LogP contribution < -0.4 is 9.47 Å². The monoisotopic (exact) mass is 618 g/mol. The third kappa shape index (κ3) is 5.14. The van der Waals surface area contributed by atoms with Gasteiger partial charge in [-0.05, 0) is 138 Å². The van der Waals surface area contributed by atoms with Crippen molar-refractivity contribution in [3.05, 3.63) is 58.7 Å². The molecule has 8 rings (SSSR count). The molecule has 4 heteroatoms. The van der Waals surface area contributed by atoms with Gasteiger partial charge in [0.15, 0.2) is 0 Å². The number of hydrogen-bond acceptors (Lipinski definition) is 4. The second-order valence-corrected chi connectivity index (χ2v) is 17.6. The van der Waals surface area contributed by atoms with E-state index in [-0.39, 0.29) is 21.7 Å². The van der Waals surface area contributed by atoms with E-state index in [1.54, 1.807) is 0 Å². The molecule has 2 aromatic carbocycles. The van der Waals surface area contributed by atoms with Crippen LogP contribution in [-0.4, -0.2) is 0 Å².